The molecule has 8 heteroatoms. The number of carbonyl (C=O) groups is 2. The van der Waals surface area contributed by atoms with E-state index >= 15 is 0 Å². The summed E-state index contributed by atoms with van der Waals surface area (Å²) >= 11 is 1.61. The molecular weight excluding hydrogens is 424 g/mol. The first kappa shape index (κ1) is 24.4. The lowest BCUT2D eigenvalue weighted by Gasteiger charge is -2.34. The van der Waals surface area contributed by atoms with E-state index < -0.39 is 18.2 Å². The van der Waals surface area contributed by atoms with E-state index in [-0.39, 0.29) is 36.2 Å². The summed E-state index contributed by atoms with van der Waals surface area (Å²) in [6.07, 6.45) is -0.460. The Balaban J connectivity index is 1.70. The Morgan fingerprint density at radius 2 is 1.91 bits per heavy atom. The van der Waals surface area contributed by atoms with E-state index in [9.17, 15) is 14.7 Å². The van der Waals surface area contributed by atoms with Crippen LogP contribution in [-0.2, 0) is 9.59 Å². The van der Waals surface area contributed by atoms with E-state index in [1.165, 1.54) is 4.90 Å². The van der Waals surface area contributed by atoms with Gasteiger partial charge in [-0.2, -0.15) is 0 Å². The Morgan fingerprint density at radius 3 is 2.44 bits per heavy atom. The third-order valence-electron chi connectivity index (χ3n) is 6.04. The molecule has 1 aliphatic heterocycles. The van der Waals surface area contributed by atoms with Crippen molar-refractivity contribution in [2.45, 2.75) is 65.3 Å². The molecule has 0 aliphatic carbocycles. The molecular formula is C24H34N4O3S. The Bertz CT molecular complexity index is 951. The van der Waals surface area contributed by atoms with Gasteiger partial charge in [-0.05, 0) is 37.4 Å². The molecule has 0 unspecified atom stereocenters. The van der Waals surface area contributed by atoms with Crippen LogP contribution in [0.2, 0.25) is 0 Å². The van der Waals surface area contributed by atoms with E-state index in [4.69, 9.17) is 0 Å². The van der Waals surface area contributed by atoms with Crippen LogP contribution in [0, 0.1) is 12.3 Å². The number of β-amino-alcohol motifs (C(OH)–C–C–N with tert-alkyl or cyclic N) is 1. The standard InChI is InChI=1S/C24H34N4O3S/c1-14(16-7-9-17(10-8-16)20-15(2)26-13-32-20)27-22(30)19-11-18(29)12-28(19)23(31)21(25-6)24(3,4)5/h7-10,13-14,18-19,21,25,29H,11-12H2,1-6H3,(H,27,30)/t14-,18-,19+,21-/m1/s1. The predicted octanol–water partition coefficient (Wildman–Crippen LogP) is 2.89. The molecule has 2 heterocycles. The van der Waals surface area contributed by atoms with Crippen LogP contribution in [0.1, 0.15) is 51.4 Å². The number of aromatic nitrogens is 1. The van der Waals surface area contributed by atoms with Crippen LogP contribution in [0.25, 0.3) is 10.4 Å². The second-order valence-corrected chi connectivity index (χ2v) is 10.5. The molecule has 32 heavy (non-hydrogen) atoms. The zero-order valence-corrected chi connectivity index (χ0v) is 20.5. The predicted molar refractivity (Wildman–Crippen MR) is 127 cm³/mol. The van der Waals surface area contributed by atoms with Gasteiger partial charge in [-0.25, -0.2) is 4.98 Å². The van der Waals surface area contributed by atoms with Crippen molar-refractivity contribution < 1.29 is 14.7 Å². The second kappa shape index (κ2) is 9.68. The molecule has 7 nitrogen and oxygen atoms in total. The third-order valence-corrected chi connectivity index (χ3v) is 7.02. The second-order valence-electron chi connectivity index (χ2n) is 9.60. The van der Waals surface area contributed by atoms with Gasteiger partial charge in [0.25, 0.3) is 0 Å². The monoisotopic (exact) mass is 458 g/mol. The van der Waals surface area contributed by atoms with Crippen molar-refractivity contribution in [3.63, 3.8) is 0 Å². The van der Waals surface area contributed by atoms with Gasteiger partial charge >= 0.3 is 0 Å². The number of hydrogen-bond acceptors (Lipinski definition) is 6. The zero-order chi connectivity index (χ0) is 23.6. The van der Waals surface area contributed by atoms with Crippen molar-refractivity contribution >= 4 is 23.2 Å². The average molecular weight is 459 g/mol. The minimum absolute atomic E-state index is 0.159. The molecule has 3 N–H and O–H groups in total. The lowest BCUT2D eigenvalue weighted by Crippen LogP contribution is -2.56. The fourth-order valence-corrected chi connectivity index (χ4v) is 5.11. The molecule has 0 spiro atoms. The number of likely N-dealkylation sites (N-methyl/N-ethyl adjacent to an activating group) is 1. The van der Waals surface area contributed by atoms with Crippen molar-refractivity contribution in [2.75, 3.05) is 13.6 Å². The van der Waals surface area contributed by atoms with E-state index in [2.05, 4.69) is 15.6 Å². The molecule has 1 aromatic heterocycles. The first-order valence-corrected chi connectivity index (χ1v) is 11.9. The molecule has 3 rings (SSSR count). The largest absolute Gasteiger partial charge is 0.391 e. The molecule has 0 radical (unpaired) electrons. The number of hydrogen-bond donors (Lipinski definition) is 3. The van der Waals surface area contributed by atoms with E-state index in [1.54, 1.807) is 18.4 Å². The Kier molecular flexibility index (Phi) is 7.37. The number of carbonyl (C=O) groups excluding carboxylic acids is 2. The van der Waals surface area contributed by atoms with Crippen LogP contribution in [0.15, 0.2) is 29.8 Å². The SMILES string of the molecule is CN[C@H](C(=O)N1C[C@H](O)C[C@H]1C(=O)N[C@H](C)c1ccc(-c2scnc2C)cc1)C(C)(C)C. The van der Waals surface area contributed by atoms with Gasteiger partial charge < -0.3 is 20.6 Å². The van der Waals surface area contributed by atoms with Gasteiger partial charge in [0.15, 0.2) is 0 Å². The van der Waals surface area contributed by atoms with Crippen LogP contribution in [-0.4, -0.2) is 58.6 Å². The minimum atomic E-state index is -0.704. The first-order chi connectivity index (χ1) is 15.0. The summed E-state index contributed by atoms with van der Waals surface area (Å²) < 4.78 is 0. The number of nitrogens with one attached hydrogen (secondary N) is 2. The number of amides is 2. The quantitative estimate of drug-likeness (QED) is 0.619. The number of aliphatic hydroxyl groups is 1. The number of benzene rings is 1. The molecule has 4 atom stereocenters. The maximum absolute atomic E-state index is 13.2. The fourth-order valence-electron chi connectivity index (χ4n) is 4.29. The summed E-state index contributed by atoms with van der Waals surface area (Å²) in [7, 11) is 1.74. The van der Waals surface area contributed by atoms with Gasteiger partial charge in [-0.15, -0.1) is 11.3 Å². The zero-order valence-electron chi connectivity index (χ0n) is 19.7. The number of thiazole rings is 1. The third kappa shape index (κ3) is 5.19. The summed E-state index contributed by atoms with van der Waals surface area (Å²) in [5.74, 6) is -0.401. The van der Waals surface area contributed by atoms with Gasteiger partial charge in [0.1, 0.15) is 6.04 Å². The topological polar surface area (TPSA) is 94.6 Å². The Hall–Kier alpha value is -2.29. The van der Waals surface area contributed by atoms with Gasteiger partial charge in [0, 0.05) is 13.0 Å². The number of nitrogens with zero attached hydrogens (tertiary/aromatic N) is 2. The summed E-state index contributed by atoms with van der Waals surface area (Å²) in [6.45, 7) is 10.0. The molecule has 2 aromatic rings. The highest BCUT2D eigenvalue weighted by atomic mass is 32.1. The highest BCUT2D eigenvalue weighted by molar-refractivity contribution is 7.13. The van der Waals surface area contributed by atoms with E-state index in [1.807, 2.05) is 64.4 Å². The first-order valence-electron chi connectivity index (χ1n) is 11.0. The molecule has 1 fully saturated rings. The Labute approximate surface area is 194 Å². The summed E-state index contributed by atoms with van der Waals surface area (Å²) in [5.41, 5.74) is 4.60. The lowest BCUT2D eigenvalue weighted by molar-refractivity contribution is -0.142. The smallest absolute Gasteiger partial charge is 0.243 e. The van der Waals surface area contributed by atoms with Gasteiger partial charge in [0.2, 0.25) is 11.8 Å². The summed E-state index contributed by atoms with van der Waals surface area (Å²) in [4.78, 5) is 33.3. The highest BCUT2D eigenvalue weighted by Gasteiger charge is 2.43. The lowest BCUT2D eigenvalue weighted by atomic mass is 9.86. The van der Waals surface area contributed by atoms with E-state index in [0.29, 0.717) is 0 Å². The van der Waals surface area contributed by atoms with Crippen molar-refractivity contribution in [1.29, 1.82) is 0 Å². The maximum Gasteiger partial charge on any atom is 0.243 e. The molecule has 2 amide bonds. The Morgan fingerprint density at radius 1 is 1.25 bits per heavy atom. The number of aliphatic hydroxyl groups excluding tert-OH is 1. The van der Waals surface area contributed by atoms with Crippen LogP contribution in [0.4, 0.5) is 0 Å². The average Bonchev–Trinajstić information content (AvgIpc) is 3.33. The number of aryl methyl sites for hydroxylation is 1. The van der Waals surface area contributed by atoms with E-state index in [0.717, 1.165) is 21.7 Å². The van der Waals surface area contributed by atoms with Crippen molar-refractivity contribution in [3.05, 3.63) is 41.0 Å². The summed E-state index contributed by atoms with van der Waals surface area (Å²) in [5, 5.41) is 16.3. The van der Waals surface area contributed by atoms with Crippen LogP contribution in [0.5, 0.6) is 0 Å². The maximum atomic E-state index is 13.2. The van der Waals surface area contributed by atoms with Crippen LogP contribution < -0.4 is 10.6 Å². The van der Waals surface area contributed by atoms with Crippen molar-refractivity contribution in [3.8, 4) is 10.4 Å². The van der Waals surface area contributed by atoms with Crippen LogP contribution >= 0.6 is 11.3 Å². The molecule has 1 aliphatic rings. The summed E-state index contributed by atoms with van der Waals surface area (Å²) in [6, 6.07) is 6.73. The molecule has 0 bridgehead atoms. The van der Waals surface area contributed by atoms with Crippen molar-refractivity contribution in [1.82, 2.24) is 20.5 Å². The van der Waals surface area contributed by atoms with Gasteiger partial charge in [-0.1, -0.05) is 45.0 Å². The highest BCUT2D eigenvalue weighted by Crippen LogP contribution is 2.29. The molecule has 0 saturated carbocycles. The fraction of sp³-hybridized carbons (Fsp3) is 0.542. The molecule has 1 aromatic carbocycles. The molecule has 1 saturated heterocycles. The molecule has 174 valence electrons. The normalized spacial score (nSPS) is 20.8. The van der Waals surface area contributed by atoms with Crippen molar-refractivity contribution in [2.24, 2.45) is 5.41 Å². The van der Waals surface area contributed by atoms with Crippen LogP contribution in [0.3, 0.4) is 0 Å². The van der Waals surface area contributed by atoms with Gasteiger partial charge in [-0.3, -0.25) is 9.59 Å². The minimum Gasteiger partial charge on any atom is -0.391 e. The van der Waals surface area contributed by atoms with Gasteiger partial charge in [0.05, 0.1) is 34.3 Å². The number of likely N-dealkylation sites (tertiary alicyclic amines) is 1. The number of rotatable bonds is 6.